The predicted molar refractivity (Wildman–Crippen MR) is 70.7 cm³/mol. The van der Waals surface area contributed by atoms with E-state index in [0.29, 0.717) is 19.8 Å². The fourth-order valence-corrected chi connectivity index (χ4v) is 2.31. The quantitative estimate of drug-likeness (QED) is 0.841. The Morgan fingerprint density at radius 1 is 1.00 bits per heavy atom. The molecule has 4 nitrogen and oxygen atoms in total. The van der Waals surface area contributed by atoms with Crippen LogP contribution in [0.15, 0.2) is 59.5 Å². The summed E-state index contributed by atoms with van der Waals surface area (Å²) in [6.45, 7) is 1.43. The molecule has 1 fully saturated rings. The van der Waals surface area contributed by atoms with Crippen molar-refractivity contribution < 1.29 is 9.47 Å². The minimum atomic E-state index is -0.855. The lowest BCUT2D eigenvalue weighted by Crippen LogP contribution is -2.36. The lowest BCUT2D eigenvalue weighted by Gasteiger charge is -2.28. The zero-order chi connectivity index (χ0) is 13.1. The SMILES string of the molecule is O=c1ccccn1CC1(c2ccccc2)OCCO1. The number of rotatable bonds is 3. The Balaban J connectivity index is 1.99. The first-order valence-corrected chi connectivity index (χ1v) is 6.29. The predicted octanol–water partition coefficient (Wildman–Crippen LogP) is 1.75. The normalized spacial score (nSPS) is 17.5. The third-order valence-electron chi connectivity index (χ3n) is 3.24. The van der Waals surface area contributed by atoms with Gasteiger partial charge in [0.05, 0.1) is 19.8 Å². The van der Waals surface area contributed by atoms with Crippen LogP contribution in [-0.2, 0) is 21.8 Å². The number of ether oxygens (including phenoxy) is 2. The first-order chi connectivity index (χ1) is 9.30. The molecule has 0 unspecified atom stereocenters. The summed E-state index contributed by atoms with van der Waals surface area (Å²) in [6, 6.07) is 14.8. The highest BCUT2D eigenvalue weighted by Gasteiger charge is 2.39. The number of pyridine rings is 1. The molecule has 3 rings (SSSR count). The van der Waals surface area contributed by atoms with Crippen LogP contribution >= 0.6 is 0 Å². The second-order valence-corrected chi connectivity index (χ2v) is 4.48. The van der Waals surface area contributed by atoms with Gasteiger partial charge < -0.3 is 14.0 Å². The molecule has 2 heterocycles. The van der Waals surface area contributed by atoms with Gasteiger partial charge in [0.2, 0.25) is 5.79 Å². The van der Waals surface area contributed by atoms with Crippen LogP contribution in [0.25, 0.3) is 0 Å². The molecule has 0 N–H and O–H groups in total. The van der Waals surface area contributed by atoms with Crippen molar-refractivity contribution in [2.24, 2.45) is 0 Å². The molecule has 0 atom stereocenters. The van der Waals surface area contributed by atoms with E-state index in [0.717, 1.165) is 5.56 Å². The lowest BCUT2D eigenvalue weighted by atomic mass is 10.1. The molecule has 2 aromatic rings. The third-order valence-corrected chi connectivity index (χ3v) is 3.24. The van der Waals surface area contributed by atoms with Crippen LogP contribution < -0.4 is 5.56 Å². The van der Waals surface area contributed by atoms with Gasteiger partial charge in [-0.25, -0.2) is 0 Å². The molecular formula is C15H15NO3. The molecule has 1 aromatic heterocycles. The van der Waals surface area contributed by atoms with Crippen LogP contribution in [0.5, 0.6) is 0 Å². The Bertz CT molecular complexity index is 600. The van der Waals surface area contributed by atoms with E-state index in [9.17, 15) is 4.79 Å². The van der Waals surface area contributed by atoms with Crippen LogP contribution in [0.1, 0.15) is 5.56 Å². The first-order valence-electron chi connectivity index (χ1n) is 6.29. The highest BCUT2D eigenvalue weighted by molar-refractivity contribution is 5.21. The maximum atomic E-state index is 11.8. The Labute approximate surface area is 111 Å². The Morgan fingerprint density at radius 3 is 2.37 bits per heavy atom. The van der Waals surface area contributed by atoms with E-state index in [2.05, 4.69) is 0 Å². The minimum absolute atomic E-state index is 0.0584. The molecule has 1 saturated heterocycles. The van der Waals surface area contributed by atoms with Crippen LogP contribution in [0.4, 0.5) is 0 Å². The molecule has 4 heteroatoms. The number of aromatic nitrogens is 1. The molecule has 98 valence electrons. The number of hydrogen-bond donors (Lipinski definition) is 0. The Hall–Kier alpha value is -1.91. The van der Waals surface area contributed by atoms with Crippen LogP contribution in [0.2, 0.25) is 0 Å². The van der Waals surface area contributed by atoms with E-state index < -0.39 is 5.79 Å². The van der Waals surface area contributed by atoms with E-state index in [4.69, 9.17) is 9.47 Å². The second-order valence-electron chi connectivity index (χ2n) is 4.48. The lowest BCUT2D eigenvalue weighted by molar-refractivity contribution is -0.176. The summed E-state index contributed by atoms with van der Waals surface area (Å²) in [5.41, 5.74) is 0.875. The fourth-order valence-electron chi connectivity index (χ4n) is 2.31. The van der Waals surface area contributed by atoms with Gasteiger partial charge in [-0.05, 0) is 6.07 Å². The van der Waals surface area contributed by atoms with Crippen molar-refractivity contribution in [3.63, 3.8) is 0 Å². The molecule has 0 aliphatic carbocycles. The van der Waals surface area contributed by atoms with Crippen molar-refractivity contribution in [3.8, 4) is 0 Å². The van der Waals surface area contributed by atoms with E-state index >= 15 is 0 Å². The molecule has 19 heavy (non-hydrogen) atoms. The molecule has 0 radical (unpaired) electrons. The van der Waals surface area contributed by atoms with E-state index in [-0.39, 0.29) is 5.56 Å². The summed E-state index contributed by atoms with van der Waals surface area (Å²) in [4.78, 5) is 11.8. The standard InChI is InChI=1S/C15H15NO3/c17-14-8-4-5-9-16(14)12-15(18-10-11-19-15)13-6-2-1-3-7-13/h1-9H,10-12H2. The van der Waals surface area contributed by atoms with Gasteiger partial charge in [-0.2, -0.15) is 0 Å². The number of hydrogen-bond acceptors (Lipinski definition) is 3. The maximum absolute atomic E-state index is 11.8. The van der Waals surface area contributed by atoms with Gasteiger partial charge in [-0.3, -0.25) is 4.79 Å². The van der Waals surface area contributed by atoms with Gasteiger partial charge in [0.1, 0.15) is 0 Å². The zero-order valence-corrected chi connectivity index (χ0v) is 10.5. The molecule has 0 spiro atoms. The number of benzene rings is 1. The van der Waals surface area contributed by atoms with Crippen LogP contribution in [0, 0.1) is 0 Å². The molecule has 0 bridgehead atoms. The van der Waals surface area contributed by atoms with Gasteiger partial charge in [-0.15, -0.1) is 0 Å². The molecule has 1 aliphatic heterocycles. The summed E-state index contributed by atoms with van der Waals surface area (Å²) in [6.07, 6.45) is 1.75. The van der Waals surface area contributed by atoms with E-state index in [1.54, 1.807) is 16.8 Å². The van der Waals surface area contributed by atoms with Gasteiger partial charge in [0.25, 0.3) is 5.56 Å². The third kappa shape index (κ3) is 2.32. The minimum Gasteiger partial charge on any atom is -0.342 e. The van der Waals surface area contributed by atoms with Gasteiger partial charge in [-0.1, -0.05) is 36.4 Å². The smallest absolute Gasteiger partial charge is 0.250 e. The summed E-state index contributed by atoms with van der Waals surface area (Å²) in [5.74, 6) is -0.855. The summed E-state index contributed by atoms with van der Waals surface area (Å²) in [7, 11) is 0. The van der Waals surface area contributed by atoms with Gasteiger partial charge in [0, 0.05) is 17.8 Å². The average molecular weight is 257 g/mol. The maximum Gasteiger partial charge on any atom is 0.250 e. The van der Waals surface area contributed by atoms with Crippen LogP contribution in [0.3, 0.4) is 0 Å². The van der Waals surface area contributed by atoms with E-state index in [1.807, 2.05) is 36.4 Å². The second kappa shape index (κ2) is 4.99. The largest absolute Gasteiger partial charge is 0.342 e. The molecule has 0 saturated carbocycles. The summed E-state index contributed by atoms with van der Waals surface area (Å²) in [5, 5.41) is 0. The first kappa shape index (κ1) is 12.1. The van der Waals surface area contributed by atoms with Crippen molar-refractivity contribution in [1.82, 2.24) is 4.57 Å². The summed E-state index contributed by atoms with van der Waals surface area (Å²) >= 11 is 0. The van der Waals surface area contributed by atoms with Crippen molar-refractivity contribution in [2.75, 3.05) is 13.2 Å². The average Bonchev–Trinajstić information content (AvgIpc) is 2.92. The van der Waals surface area contributed by atoms with Crippen LogP contribution in [-0.4, -0.2) is 17.8 Å². The molecular weight excluding hydrogens is 242 g/mol. The highest BCUT2D eigenvalue weighted by Crippen LogP contribution is 2.32. The molecule has 1 aromatic carbocycles. The zero-order valence-electron chi connectivity index (χ0n) is 10.5. The molecule has 0 amide bonds. The van der Waals surface area contributed by atoms with Crippen molar-refractivity contribution in [1.29, 1.82) is 0 Å². The van der Waals surface area contributed by atoms with Gasteiger partial charge >= 0.3 is 0 Å². The Kier molecular flexibility index (Phi) is 3.19. The fraction of sp³-hybridized carbons (Fsp3) is 0.267. The highest BCUT2D eigenvalue weighted by atomic mass is 16.7. The summed E-state index contributed by atoms with van der Waals surface area (Å²) < 4.78 is 13.2. The Morgan fingerprint density at radius 2 is 1.68 bits per heavy atom. The monoisotopic (exact) mass is 257 g/mol. The van der Waals surface area contributed by atoms with E-state index in [1.165, 1.54) is 6.07 Å². The van der Waals surface area contributed by atoms with Gasteiger partial charge in [0.15, 0.2) is 0 Å². The van der Waals surface area contributed by atoms with Crippen molar-refractivity contribution in [2.45, 2.75) is 12.3 Å². The topological polar surface area (TPSA) is 40.5 Å². The molecule has 1 aliphatic rings. The number of nitrogens with zero attached hydrogens (tertiary/aromatic N) is 1. The van der Waals surface area contributed by atoms with Crippen molar-refractivity contribution in [3.05, 3.63) is 70.6 Å². The van der Waals surface area contributed by atoms with Crippen molar-refractivity contribution >= 4 is 0 Å².